The molecule has 0 aromatic heterocycles. The number of carbonyl (C=O) groups excluding carboxylic acids is 1. The molecule has 2 aromatic rings. The number of hydrogen-bond donors (Lipinski definition) is 2. The number of carbonyl (C=O) groups is 1. The van der Waals surface area contributed by atoms with Gasteiger partial charge in [0.1, 0.15) is 11.6 Å². The Kier molecular flexibility index (Phi) is 6.35. The number of β-lactam (4-membered cyclic amide) rings is 1. The van der Waals surface area contributed by atoms with Crippen molar-refractivity contribution in [2.75, 3.05) is 4.90 Å². The standard InChI is InChI=1S/C23H28FNO3/c1-3-15(4-2)21(27)14-13-20-22(16-5-11-19(26)12-6-16)25(23(20)28)18-9-7-17(24)8-10-18/h5-12,15,20-22,26-27H,3-4,13-14H2,1-2H3/t20-,21+,22-/m1/s1. The molecule has 1 aliphatic heterocycles. The summed E-state index contributed by atoms with van der Waals surface area (Å²) >= 11 is 0. The summed E-state index contributed by atoms with van der Waals surface area (Å²) in [5, 5.41) is 20.1. The first-order valence-corrected chi connectivity index (χ1v) is 10.0. The van der Waals surface area contributed by atoms with Crippen molar-refractivity contribution >= 4 is 11.6 Å². The van der Waals surface area contributed by atoms with Crippen molar-refractivity contribution in [3.8, 4) is 5.75 Å². The highest BCUT2D eigenvalue weighted by Gasteiger charge is 2.48. The Morgan fingerprint density at radius 3 is 2.21 bits per heavy atom. The number of benzene rings is 2. The SMILES string of the molecule is CCC(CC)[C@@H](O)CC[C@H]1C(=O)N(c2ccc(F)cc2)[C@@H]1c1ccc(O)cc1. The van der Waals surface area contributed by atoms with E-state index in [-0.39, 0.29) is 35.4 Å². The van der Waals surface area contributed by atoms with Crippen LogP contribution in [-0.4, -0.2) is 22.2 Å². The second-order valence-corrected chi connectivity index (χ2v) is 7.55. The average molecular weight is 385 g/mol. The topological polar surface area (TPSA) is 60.8 Å². The third kappa shape index (κ3) is 4.04. The minimum absolute atomic E-state index is 0.0126. The Bertz CT molecular complexity index is 786. The maximum absolute atomic E-state index is 13.3. The van der Waals surface area contributed by atoms with Crippen LogP contribution in [0.2, 0.25) is 0 Å². The normalized spacial score (nSPS) is 20.3. The number of nitrogens with zero attached hydrogens (tertiary/aromatic N) is 1. The molecule has 1 heterocycles. The molecule has 0 unspecified atom stereocenters. The van der Waals surface area contributed by atoms with Crippen molar-refractivity contribution in [2.45, 2.75) is 51.7 Å². The third-order valence-electron chi connectivity index (χ3n) is 5.92. The quantitative estimate of drug-likeness (QED) is 0.641. The first kappa shape index (κ1) is 20.3. The number of hydrogen-bond acceptors (Lipinski definition) is 3. The molecule has 4 nitrogen and oxygen atoms in total. The van der Waals surface area contributed by atoms with Gasteiger partial charge in [-0.25, -0.2) is 4.39 Å². The van der Waals surface area contributed by atoms with Gasteiger partial charge in [0.25, 0.3) is 0 Å². The summed E-state index contributed by atoms with van der Waals surface area (Å²) in [7, 11) is 0. The average Bonchev–Trinajstić information content (AvgIpc) is 2.69. The van der Waals surface area contributed by atoms with Crippen molar-refractivity contribution in [2.24, 2.45) is 11.8 Å². The number of amides is 1. The summed E-state index contributed by atoms with van der Waals surface area (Å²) in [4.78, 5) is 14.6. The molecule has 5 heteroatoms. The number of phenolic OH excluding ortho intramolecular Hbond substituents is 1. The van der Waals surface area contributed by atoms with Gasteiger partial charge in [-0.2, -0.15) is 0 Å². The van der Waals surface area contributed by atoms with Gasteiger partial charge in [0.2, 0.25) is 5.91 Å². The van der Waals surface area contributed by atoms with E-state index in [0.29, 0.717) is 18.5 Å². The molecule has 1 saturated heterocycles. The minimum atomic E-state index is -0.414. The summed E-state index contributed by atoms with van der Waals surface area (Å²) in [6, 6.07) is 12.6. The van der Waals surface area contributed by atoms with E-state index in [1.54, 1.807) is 29.2 Å². The lowest BCUT2D eigenvalue weighted by atomic mass is 9.77. The fraction of sp³-hybridized carbons (Fsp3) is 0.435. The van der Waals surface area contributed by atoms with Crippen LogP contribution < -0.4 is 4.90 Å². The molecular formula is C23H28FNO3. The Labute approximate surface area is 165 Å². The number of aliphatic hydroxyl groups is 1. The first-order chi connectivity index (χ1) is 13.5. The van der Waals surface area contributed by atoms with Crippen molar-refractivity contribution in [1.82, 2.24) is 0 Å². The molecule has 2 N–H and O–H groups in total. The lowest BCUT2D eigenvalue weighted by Gasteiger charge is -2.48. The number of halogens is 1. The van der Waals surface area contributed by atoms with Gasteiger partial charge in [-0.3, -0.25) is 4.79 Å². The highest BCUT2D eigenvalue weighted by Crippen LogP contribution is 2.46. The fourth-order valence-electron chi connectivity index (χ4n) is 4.19. The van der Waals surface area contributed by atoms with Crippen LogP contribution in [0.4, 0.5) is 10.1 Å². The Balaban J connectivity index is 1.81. The van der Waals surface area contributed by atoms with E-state index >= 15 is 0 Å². The van der Waals surface area contributed by atoms with Gasteiger partial charge in [0.05, 0.1) is 18.1 Å². The smallest absolute Gasteiger partial charge is 0.233 e. The monoisotopic (exact) mass is 385 g/mol. The van der Waals surface area contributed by atoms with Crippen LogP contribution in [0.3, 0.4) is 0 Å². The molecule has 1 amide bonds. The summed E-state index contributed by atoms with van der Waals surface area (Å²) in [6.07, 6.45) is 2.59. The Hall–Kier alpha value is -2.40. The van der Waals surface area contributed by atoms with Gasteiger partial charge >= 0.3 is 0 Å². The Morgan fingerprint density at radius 2 is 1.64 bits per heavy atom. The van der Waals surface area contributed by atoms with Crippen molar-refractivity contribution in [3.63, 3.8) is 0 Å². The summed E-state index contributed by atoms with van der Waals surface area (Å²) in [5.74, 6) is -0.179. The third-order valence-corrected chi connectivity index (χ3v) is 5.92. The molecular weight excluding hydrogens is 357 g/mol. The van der Waals surface area contributed by atoms with E-state index in [2.05, 4.69) is 13.8 Å². The van der Waals surface area contributed by atoms with Crippen molar-refractivity contribution < 1.29 is 19.4 Å². The van der Waals surface area contributed by atoms with E-state index < -0.39 is 6.10 Å². The maximum Gasteiger partial charge on any atom is 0.233 e. The van der Waals surface area contributed by atoms with Crippen LogP contribution in [-0.2, 0) is 4.79 Å². The second-order valence-electron chi connectivity index (χ2n) is 7.55. The molecule has 1 aliphatic rings. The van der Waals surface area contributed by atoms with Gasteiger partial charge in [-0.1, -0.05) is 38.8 Å². The minimum Gasteiger partial charge on any atom is -0.508 e. The second kappa shape index (κ2) is 8.74. The highest BCUT2D eigenvalue weighted by atomic mass is 19.1. The van der Waals surface area contributed by atoms with Crippen molar-refractivity contribution in [1.29, 1.82) is 0 Å². The molecule has 0 spiro atoms. The van der Waals surface area contributed by atoms with Crippen LogP contribution in [0.25, 0.3) is 0 Å². The van der Waals surface area contributed by atoms with Crippen LogP contribution in [0, 0.1) is 17.7 Å². The number of phenols is 1. The van der Waals surface area contributed by atoms with E-state index in [0.717, 1.165) is 18.4 Å². The summed E-state index contributed by atoms with van der Waals surface area (Å²) in [5.41, 5.74) is 1.57. The predicted molar refractivity (Wildman–Crippen MR) is 108 cm³/mol. The number of rotatable bonds is 8. The molecule has 3 rings (SSSR count). The van der Waals surface area contributed by atoms with E-state index in [4.69, 9.17) is 0 Å². The molecule has 1 fully saturated rings. The Morgan fingerprint density at radius 1 is 1.04 bits per heavy atom. The molecule has 28 heavy (non-hydrogen) atoms. The van der Waals surface area contributed by atoms with Gasteiger partial charge < -0.3 is 15.1 Å². The van der Waals surface area contributed by atoms with Gasteiger partial charge in [-0.15, -0.1) is 0 Å². The van der Waals surface area contributed by atoms with Crippen LogP contribution in [0.5, 0.6) is 5.75 Å². The largest absolute Gasteiger partial charge is 0.508 e. The zero-order chi connectivity index (χ0) is 20.3. The van der Waals surface area contributed by atoms with Gasteiger partial charge in [-0.05, 0) is 60.7 Å². The van der Waals surface area contributed by atoms with Crippen molar-refractivity contribution in [3.05, 3.63) is 59.9 Å². The zero-order valence-corrected chi connectivity index (χ0v) is 16.4. The van der Waals surface area contributed by atoms with E-state index in [1.165, 1.54) is 12.1 Å². The lowest BCUT2D eigenvalue weighted by molar-refractivity contribution is -0.131. The van der Waals surface area contributed by atoms with Crippen LogP contribution in [0.15, 0.2) is 48.5 Å². The van der Waals surface area contributed by atoms with Crippen LogP contribution in [0.1, 0.15) is 51.1 Å². The predicted octanol–water partition coefficient (Wildman–Crippen LogP) is 4.81. The molecule has 0 saturated carbocycles. The van der Waals surface area contributed by atoms with Gasteiger partial charge in [0, 0.05) is 5.69 Å². The number of aromatic hydroxyl groups is 1. The highest BCUT2D eigenvalue weighted by molar-refractivity contribution is 6.03. The fourth-order valence-corrected chi connectivity index (χ4v) is 4.19. The van der Waals surface area contributed by atoms with Gasteiger partial charge in [0.15, 0.2) is 0 Å². The van der Waals surface area contributed by atoms with Crippen LogP contribution >= 0.6 is 0 Å². The number of aliphatic hydroxyl groups excluding tert-OH is 1. The molecule has 0 radical (unpaired) electrons. The van der Waals surface area contributed by atoms with E-state index in [9.17, 15) is 19.4 Å². The summed E-state index contributed by atoms with van der Waals surface area (Å²) in [6.45, 7) is 4.14. The number of anilines is 1. The first-order valence-electron chi connectivity index (χ1n) is 10.0. The molecule has 3 atom stereocenters. The summed E-state index contributed by atoms with van der Waals surface area (Å²) < 4.78 is 13.3. The molecule has 0 bridgehead atoms. The molecule has 2 aromatic carbocycles. The maximum atomic E-state index is 13.3. The lowest BCUT2D eigenvalue weighted by Crippen LogP contribution is -2.55. The van der Waals surface area contributed by atoms with E-state index in [1.807, 2.05) is 12.1 Å². The molecule has 0 aliphatic carbocycles. The zero-order valence-electron chi connectivity index (χ0n) is 16.4. The molecule has 150 valence electrons.